The highest BCUT2D eigenvalue weighted by molar-refractivity contribution is 6.05. The summed E-state index contributed by atoms with van der Waals surface area (Å²) in [6.07, 6.45) is 8.74. The molecule has 2 heterocycles. The van der Waals surface area contributed by atoms with Crippen molar-refractivity contribution < 1.29 is 35.9 Å². The molecule has 0 bridgehead atoms. The zero-order chi connectivity index (χ0) is 40.2. The minimum absolute atomic E-state index is 0.112. The molecule has 0 radical (unpaired) electrons. The smallest absolute Gasteiger partial charge is 0.261 e. The molecule has 2 amide bonds. The van der Waals surface area contributed by atoms with Crippen molar-refractivity contribution in [2.75, 3.05) is 10.6 Å². The molecule has 4 aliphatic rings. The van der Waals surface area contributed by atoms with Crippen LogP contribution in [0.15, 0.2) is 84.9 Å². The summed E-state index contributed by atoms with van der Waals surface area (Å²) < 4.78 is 87.8. The van der Waals surface area contributed by atoms with Gasteiger partial charge in [0.25, 0.3) is 11.8 Å². The lowest BCUT2D eigenvalue weighted by molar-refractivity contribution is 0.101. The van der Waals surface area contributed by atoms with E-state index in [1.165, 1.54) is 42.5 Å². The van der Waals surface area contributed by atoms with Crippen molar-refractivity contribution in [3.63, 3.8) is 0 Å². The van der Waals surface area contributed by atoms with Crippen LogP contribution in [0.3, 0.4) is 0 Å². The monoisotopic (exact) mass is 794 g/mol. The van der Waals surface area contributed by atoms with Crippen molar-refractivity contribution >= 4 is 23.2 Å². The molecule has 4 aromatic carbocycles. The molecule has 10 rings (SSSR count). The number of carbonyl (C=O) groups is 2. The molecule has 58 heavy (non-hydrogen) atoms. The Morgan fingerprint density at radius 1 is 0.500 bits per heavy atom. The van der Waals surface area contributed by atoms with Crippen LogP contribution in [-0.4, -0.2) is 31.4 Å². The molecular weight excluding hydrogens is 759 g/mol. The van der Waals surface area contributed by atoms with E-state index in [1.54, 1.807) is 15.4 Å². The number of nitrogens with zero attached hydrogens (tertiary/aromatic N) is 4. The largest absolute Gasteiger partial charge is 0.322 e. The third-order valence-electron chi connectivity index (χ3n) is 10.7. The fraction of sp³-hybridized carbons (Fsp3) is 0.273. The van der Waals surface area contributed by atoms with Crippen LogP contribution in [0.25, 0.3) is 11.4 Å². The number of rotatable bonds is 10. The van der Waals surface area contributed by atoms with Crippen LogP contribution in [0, 0.1) is 34.9 Å². The molecule has 2 N–H and O–H groups in total. The lowest BCUT2D eigenvalue weighted by Crippen LogP contribution is -2.16. The third kappa shape index (κ3) is 7.74. The fourth-order valence-electron chi connectivity index (χ4n) is 7.01. The lowest BCUT2D eigenvalue weighted by Gasteiger charge is -2.11. The van der Waals surface area contributed by atoms with E-state index in [4.69, 9.17) is 0 Å². The van der Waals surface area contributed by atoms with Crippen LogP contribution < -0.4 is 10.6 Å². The molecule has 4 fully saturated rings. The summed E-state index contributed by atoms with van der Waals surface area (Å²) in [6, 6.07) is 19.1. The minimum atomic E-state index is -1.24. The number of anilines is 2. The van der Waals surface area contributed by atoms with E-state index in [-0.39, 0.29) is 11.4 Å². The molecule has 14 heteroatoms. The molecule has 6 aromatic rings. The normalized spacial score (nSPS) is 16.1. The number of amides is 2. The first-order valence-corrected chi connectivity index (χ1v) is 19.3. The average Bonchev–Trinajstić information content (AvgIpc) is 3.99. The first kappa shape index (κ1) is 37.4. The van der Waals surface area contributed by atoms with Gasteiger partial charge in [-0.05, 0) is 124 Å². The van der Waals surface area contributed by atoms with Crippen molar-refractivity contribution in [1.29, 1.82) is 0 Å². The third-order valence-corrected chi connectivity index (χ3v) is 10.7. The fourth-order valence-corrected chi connectivity index (χ4v) is 7.01. The number of hydrogen-bond donors (Lipinski definition) is 2. The Balaban J connectivity index is 0.000000150. The van der Waals surface area contributed by atoms with Gasteiger partial charge in [-0.1, -0.05) is 12.1 Å². The summed E-state index contributed by atoms with van der Waals surface area (Å²) in [5.74, 6) is -5.48. The van der Waals surface area contributed by atoms with Crippen molar-refractivity contribution in [1.82, 2.24) is 19.6 Å². The highest BCUT2D eigenvalue weighted by atomic mass is 19.2. The molecule has 4 aliphatic carbocycles. The number of carbonyl (C=O) groups excluding carboxylic acids is 2. The first-order chi connectivity index (χ1) is 28.0. The van der Waals surface area contributed by atoms with E-state index < -0.39 is 57.8 Å². The first-order valence-electron chi connectivity index (χ1n) is 19.3. The van der Waals surface area contributed by atoms with Gasteiger partial charge in [-0.3, -0.25) is 9.59 Å². The van der Waals surface area contributed by atoms with Crippen molar-refractivity contribution in [2.24, 2.45) is 0 Å². The SMILES string of the molecule is O=C(Nc1ccc(-n2nc(C3CC3)cc2C2CC2)c(F)c1)c1c(F)cccc1F.O=C(Nc1ccc(-n2nc(C3CC3)cc2C2CC2)c(F)c1)c1cccc(F)c1F. The van der Waals surface area contributed by atoms with Gasteiger partial charge in [0.05, 0.1) is 17.0 Å². The standard InChI is InChI=1S/2C22H18F3N3O/c23-15-2-1-3-16(24)21(15)22(29)26-14-8-9-19(17(25)10-14)28-20(13-6-7-13)11-18(27-28)12-4-5-12;23-16-3-1-2-15(21(16)25)22(29)26-14-8-9-19(17(24)10-14)28-20(13-6-7-13)11-18(27-28)12-4-5-12/h2*1-3,8-13H,4-7H2,(H,26,29). The van der Waals surface area contributed by atoms with E-state index in [0.717, 1.165) is 98.4 Å². The summed E-state index contributed by atoms with van der Waals surface area (Å²) >= 11 is 0. The lowest BCUT2D eigenvalue weighted by atomic mass is 10.1. The number of aromatic nitrogens is 4. The Labute approximate surface area is 328 Å². The Morgan fingerprint density at radius 2 is 0.931 bits per heavy atom. The van der Waals surface area contributed by atoms with Gasteiger partial charge in [0.15, 0.2) is 23.3 Å². The topological polar surface area (TPSA) is 93.8 Å². The maximum absolute atomic E-state index is 14.9. The zero-order valence-electron chi connectivity index (χ0n) is 30.9. The van der Waals surface area contributed by atoms with E-state index in [2.05, 4.69) is 33.0 Å². The van der Waals surface area contributed by atoms with Crippen LogP contribution in [0.4, 0.5) is 37.7 Å². The van der Waals surface area contributed by atoms with Crippen LogP contribution in [0.5, 0.6) is 0 Å². The van der Waals surface area contributed by atoms with Gasteiger partial charge < -0.3 is 10.6 Å². The summed E-state index contributed by atoms with van der Waals surface area (Å²) in [7, 11) is 0. The van der Waals surface area contributed by atoms with Gasteiger partial charge in [-0.25, -0.2) is 35.7 Å². The Bertz CT molecular complexity index is 2570. The van der Waals surface area contributed by atoms with E-state index in [0.29, 0.717) is 35.0 Å². The van der Waals surface area contributed by atoms with Crippen LogP contribution in [0.2, 0.25) is 0 Å². The van der Waals surface area contributed by atoms with Crippen molar-refractivity contribution in [3.8, 4) is 11.4 Å². The molecule has 0 unspecified atom stereocenters. The number of hydrogen-bond acceptors (Lipinski definition) is 4. The van der Waals surface area contributed by atoms with Crippen LogP contribution in [-0.2, 0) is 0 Å². The molecule has 0 atom stereocenters. The van der Waals surface area contributed by atoms with Gasteiger partial charge in [-0.2, -0.15) is 10.2 Å². The van der Waals surface area contributed by atoms with Gasteiger partial charge >= 0.3 is 0 Å². The Kier molecular flexibility index (Phi) is 9.65. The molecule has 2 aromatic heterocycles. The van der Waals surface area contributed by atoms with E-state index in [9.17, 15) is 35.9 Å². The molecule has 296 valence electrons. The highest BCUT2D eigenvalue weighted by Gasteiger charge is 2.35. The Morgan fingerprint density at radius 3 is 1.38 bits per heavy atom. The molecule has 0 spiro atoms. The predicted molar refractivity (Wildman–Crippen MR) is 204 cm³/mol. The predicted octanol–water partition coefficient (Wildman–Crippen LogP) is 10.6. The minimum Gasteiger partial charge on any atom is -0.322 e. The number of halogens is 6. The number of nitrogens with one attached hydrogen (secondary N) is 2. The van der Waals surface area contributed by atoms with Gasteiger partial charge in [0, 0.05) is 46.4 Å². The van der Waals surface area contributed by atoms with E-state index in [1.807, 2.05) is 0 Å². The number of benzene rings is 4. The molecule has 0 aliphatic heterocycles. The Hall–Kier alpha value is -6.18. The molecule has 4 saturated carbocycles. The van der Waals surface area contributed by atoms with Crippen LogP contribution >= 0.6 is 0 Å². The van der Waals surface area contributed by atoms with Gasteiger partial charge in [0.2, 0.25) is 0 Å². The summed E-state index contributed by atoms with van der Waals surface area (Å²) in [4.78, 5) is 24.5. The molecular formula is C44H36F6N6O2. The average molecular weight is 795 g/mol. The molecule has 8 nitrogen and oxygen atoms in total. The van der Waals surface area contributed by atoms with Gasteiger partial charge in [-0.15, -0.1) is 0 Å². The highest BCUT2D eigenvalue weighted by Crippen LogP contribution is 2.47. The maximum atomic E-state index is 14.9. The zero-order valence-corrected chi connectivity index (χ0v) is 30.9. The maximum Gasteiger partial charge on any atom is 0.261 e. The van der Waals surface area contributed by atoms with Crippen LogP contribution in [0.1, 0.15) is 119 Å². The van der Waals surface area contributed by atoms with Gasteiger partial charge in [0.1, 0.15) is 28.6 Å². The summed E-state index contributed by atoms with van der Waals surface area (Å²) in [6.45, 7) is 0. The van der Waals surface area contributed by atoms with E-state index >= 15 is 0 Å². The second kappa shape index (κ2) is 15.0. The second-order valence-electron chi connectivity index (χ2n) is 15.3. The quantitative estimate of drug-likeness (QED) is 0.135. The van der Waals surface area contributed by atoms with Crippen molar-refractivity contribution in [2.45, 2.75) is 75.0 Å². The summed E-state index contributed by atoms with van der Waals surface area (Å²) in [5.41, 5.74) is 3.77. The second-order valence-corrected chi connectivity index (χ2v) is 15.3. The molecule has 0 saturated heterocycles. The summed E-state index contributed by atoms with van der Waals surface area (Å²) in [5, 5.41) is 14.0. The van der Waals surface area contributed by atoms with Crippen molar-refractivity contribution in [3.05, 3.63) is 154 Å².